The lowest BCUT2D eigenvalue weighted by Crippen LogP contribution is -2.41. The number of carbonyl (C=O) groups excluding carboxylic acids is 1. The summed E-state index contributed by atoms with van der Waals surface area (Å²) in [6.45, 7) is 4.03. The number of sulfonamides is 1. The number of ether oxygens (including phenoxy) is 1. The Balaban J connectivity index is 1.64. The summed E-state index contributed by atoms with van der Waals surface area (Å²) in [6, 6.07) is 1.52. The number of nitrogens with zero attached hydrogens (tertiary/aromatic N) is 1. The van der Waals surface area contributed by atoms with Crippen molar-refractivity contribution in [2.24, 2.45) is 5.92 Å². The van der Waals surface area contributed by atoms with Gasteiger partial charge in [-0.2, -0.15) is 4.31 Å². The van der Waals surface area contributed by atoms with Crippen molar-refractivity contribution in [2.75, 3.05) is 45.9 Å². The predicted octanol–water partition coefficient (Wildman–Crippen LogP) is 0.498. The fourth-order valence-electron chi connectivity index (χ4n) is 3.02. The maximum atomic E-state index is 12.7. The molecule has 3 rings (SSSR count). The van der Waals surface area contributed by atoms with Crippen LogP contribution in [0.1, 0.15) is 22.5 Å². The minimum Gasteiger partial charge on any atom is -0.379 e. The monoisotopic (exact) mass is 373 g/mol. The number of amides is 1. The zero-order valence-electron chi connectivity index (χ0n) is 13.5. The van der Waals surface area contributed by atoms with Crippen LogP contribution in [0.5, 0.6) is 0 Å². The van der Waals surface area contributed by atoms with Gasteiger partial charge in [0.2, 0.25) is 10.0 Å². The average Bonchev–Trinajstić information content (AvgIpc) is 3.27. The van der Waals surface area contributed by atoms with E-state index in [1.165, 1.54) is 21.7 Å². The summed E-state index contributed by atoms with van der Waals surface area (Å²) in [4.78, 5) is 12.8. The number of thiophene rings is 1. The van der Waals surface area contributed by atoms with Crippen molar-refractivity contribution in [3.8, 4) is 0 Å². The Hall–Kier alpha value is -1.00. The lowest BCUT2D eigenvalue weighted by molar-refractivity contribution is 0.0730. The van der Waals surface area contributed by atoms with Crippen molar-refractivity contribution >= 4 is 27.3 Å². The molecule has 2 fully saturated rings. The summed E-state index contributed by atoms with van der Waals surface area (Å²) in [5.74, 6) is 0.285. The number of hydrogen-bond acceptors (Lipinski definition) is 6. The Morgan fingerprint density at radius 3 is 2.92 bits per heavy atom. The number of hydrogen-bond donors (Lipinski definition) is 2. The molecular formula is C15H23N3O4S2. The fraction of sp³-hybridized carbons (Fsp3) is 0.667. The second kappa shape index (κ2) is 7.92. The number of rotatable bonds is 6. The van der Waals surface area contributed by atoms with E-state index < -0.39 is 10.0 Å². The third-order valence-corrected chi connectivity index (χ3v) is 7.41. The molecule has 3 heterocycles. The van der Waals surface area contributed by atoms with Gasteiger partial charge >= 0.3 is 0 Å². The summed E-state index contributed by atoms with van der Waals surface area (Å²) in [6.07, 6.45) is 2.04. The molecule has 0 bridgehead atoms. The van der Waals surface area contributed by atoms with E-state index in [4.69, 9.17) is 4.74 Å². The standard InChI is InChI=1S/C15H23N3O4S2/c19-15(17-5-2-12-1-4-16-11-12)14-13(3-10-23-14)24(20,21)18-6-8-22-9-7-18/h3,10,12,16H,1-2,4-9,11H2,(H,17,19). The third kappa shape index (κ3) is 3.97. The second-order valence-electron chi connectivity index (χ2n) is 6.03. The smallest absolute Gasteiger partial charge is 0.262 e. The third-order valence-electron chi connectivity index (χ3n) is 4.42. The zero-order chi connectivity index (χ0) is 17.0. The van der Waals surface area contributed by atoms with Crippen molar-refractivity contribution < 1.29 is 17.9 Å². The first-order valence-corrected chi connectivity index (χ1v) is 10.6. The van der Waals surface area contributed by atoms with Crippen LogP contribution in [0.15, 0.2) is 16.3 Å². The number of nitrogens with one attached hydrogen (secondary N) is 2. The van der Waals surface area contributed by atoms with Crippen LogP contribution in [0.3, 0.4) is 0 Å². The molecule has 0 spiro atoms. The van der Waals surface area contributed by atoms with E-state index in [-0.39, 0.29) is 15.7 Å². The molecule has 134 valence electrons. The molecule has 1 aromatic rings. The quantitative estimate of drug-likeness (QED) is 0.758. The summed E-state index contributed by atoms with van der Waals surface area (Å²) in [7, 11) is -3.64. The van der Waals surface area contributed by atoms with Gasteiger partial charge in [0.25, 0.3) is 5.91 Å². The summed E-state index contributed by atoms with van der Waals surface area (Å²) >= 11 is 1.17. The molecular weight excluding hydrogens is 350 g/mol. The number of morpholine rings is 1. The summed E-state index contributed by atoms with van der Waals surface area (Å²) in [5.41, 5.74) is 0. The van der Waals surface area contributed by atoms with Gasteiger partial charge in [-0.15, -0.1) is 11.3 Å². The van der Waals surface area contributed by atoms with Crippen LogP contribution >= 0.6 is 11.3 Å². The molecule has 2 aliphatic heterocycles. The van der Waals surface area contributed by atoms with Gasteiger partial charge in [0.1, 0.15) is 9.77 Å². The minimum atomic E-state index is -3.64. The number of carbonyl (C=O) groups is 1. The lowest BCUT2D eigenvalue weighted by atomic mass is 10.1. The molecule has 7 nitrogen and oxygen atoms in total. The molecule has 24 heavy (non-hydrogen) atoms. The van der Waals surface area contributed by atoms with Gasteiger partial charge in [0.05, 0.1) is 13.2 Å². The van der Waals surface area contributed by atoms with Crippen LogP contribution in [0.2, 0.25) is 0 Å². The van der Waals surface area contributed by atoms with Gasteiger partial charge in [0, 0.05) is 19.6 Å². The van der Waals surface area contributed by atoms with E-state index in [1.807, 2.05) is 0 Å². The molecule has 0 aliphatic carbocycles. The van der Waals surface area contributed by atoms with E-state index >= 15 is 0 Å². The van der Waals surface area contributed by atoms with Crippen LogP contribution in [0.25, 0.3) is 0 Å². The minimum absolute atomic E-state index is 0.106. The van der Waals surface area contributed by atoms with Crippen molar-refractivity contribution in [1.82, 2.24) is 14.9 Å². The first-order valence-electron chi connectivity index (χ1n) is 8.23. The molecule has 2 N–H and O–H groups in total. The Morgan fingerprint density at radius 1 is 1.42 bits per heavy atom. The van der Waals surface area contributed by atoms with E-state index in [0.717, 1.165) is 25.9 Å². The highest BCUT2D eigenvalue weighted by atomic mass is 32.2. The van der Waals surface area contributed by atoms with E-state index in [1.54, 1.807) is 5.38 Å². The van der Waals surface area contributed by atoms with Crippen LogP contribution in [-0.4, -0.2) is 64.6 Å². The summed E-state index contributed by atoms with van der Waals surface area (Å²) in [5, 5.41) is 7.82. The molecule has 2 saturated heterocycles. The van der Waals surface area contributed by atoms with Gasteiger partial charge in [-0.05, 0) is 43.3 Å². The average molecular weight is 374 g/mol. The van der Waals surface area contributed by atoms with Crippen LogP contribution < -0.4 is 10.6 Å². The highest BCUT2D eigenvalue weighted by molar-refractivity contribution is 7.89. The molecule has 9 heteroatoms. The predicted molar refractivity (Wildman–Crippen MR) is 91.8 cm³/mol. The zero-order valence-corrected chi connectivity index (χ0v) is 15.1. The van der Waals surface area contributed by atoms with Crippen molar-refractivity contribution in [2.45, 2.75) is 17.7 Å². The van der Waals surface area contributed by atoms with Gasteiger partial charge < -0.3 is 15.4 Å². The topological polar surface area (TPSA) is 87.7 Å². The van der Waals surface area contributed by atoms with Crippen LogP contribution in [0, 0.1) is 5.92 Å². The molecule has 1 aromatic heterocycles. The van der Waals surface area contributed by atoms with Crippen molar-refractivity contribution in [3.05, 3.63) is 16.3 Å². The van der Waals surface area contributed by atoms with Crippen LogP contribution in [0.4, 0.5) is 0 Å². The Bertz CT molecular complexity index is 662. The van der Waals surface area contributed by atoms with Gasteiger partial charge in [-0.25, -0.2) is 8.42 Å². The van der Waals surface area contributed by atoms with E-state index in [2.05, 4.69) is 10.6 Å². The molecule has 1 atom stereocenters. The van der Waals surface area contributed by atoms with Gasteiger partial charge in [0.15, 0.2) is 0 Å². The molecule has 2 aliphatic rings. The largest absolute Gasteiger partial charge is 0.379 e. The van der Waals surface area contributed by atoms with Gasteiger partial charge in [-0.3, -0.25) is 4.79 Å². The Kier molecular flexibility index (Phi) is 5.88. The second-order valence-corrected chi connectivity index (χ2v) is 8.86. The summed E-state index contributed by atoms with van der Waals surface area (Å²) < 4.78 is 32.1. The lowest BCUT2D eigenvalue weighted by Gasteiger charge is -2.26. The van der Waals surface area contributed by atoms with Crippen LogP contribution in [-0.2, 0) is 14.8 Å². The first kappa shape index (κ1) is 17.8. The maximum Gasteiger partial charge on any atom is 0.262 e. The van der Waals surface area contributed by atoms with Gasteiger partial charge in [-0.1, -0.05) is 0 Å². The SMILES string of the molecule is O=C(NCCC1CCNC1)c1sccc1S(=O)(=O)N1CCOCC1. The molecule has 0 aromatic carbocycles. The molecule has 0 saturated carbocycles. The fourth-order valence-corrected chi connectivity index (χ4v) is 5.75. The van der Waals surface area contributed by atoms with E-state index in [9.17, 15) is 13.2 Å². The van der Waals surface area contributed by atoms with Crippen molar-refractivity contribution in [3.63, 3.8) is 0 Å². The normalized spacial score (nSPS) is 22.6. The van der Waals surface area contributed by atoms with E-state index in [0.29, 0.717) is 38.8 Å². The highest BCUT2D eigenvalue weighted by Crippen LogP contribution is 2.26. The van der Waals surface area contributed by atoms with Crippen molar-refractivity contribution in [1.29, 1.82) is 0 Å². The highest BCUT2D eigenvalue weighted by Gasteiger charge is 2.31. The maximum absolute atomic E-state index is 12.7. The Morgan fingerprint density at radius 2 is 2.21 bits per heavy atom. The Labute approximate surface area is 146 Å². The molecule has 1 amide bonds. The molecule has 0 radical (unpaired) electrons. The molecule has 1 unspecified atom stereocenters. The first-order chi connectivity index (χ1) is 11.6.